The first-order valence-corrected chi connectivity index (χ1v) is 9.25. The summed E-state index contributed by atoms with van der Waals surface area (Å²) in [6.45, 7) is 4.32. The number of hydrogen-bond acceptors (Lipinski definition) is 6. The molecule has 2 aromatic rings. The van der Waals surface area contributed by atoms with E-state index in [1.54, 1.807) is 7.11 Å². The zero-order valence-corrected chi connectivity index (χ0v) is 17.4. The molecule has 1 aliphatic heterocycles. The van der Waals surface area contributed by atoms with Crippen LogP contribution in [0.5, 0.6) is 5.75 Å². The molecule has 3 rings (SSSR count). The van der Waals surface area contributed by atoms with E-state index in [1.807, 2.05) is 43.1 Å². The number of carbonyl (C=O) groups is 1. The number of methoxy groups -OCH3 is 1. The van der Waals surface area contributed by atoms with Crippen molar-refractivity contribution in [2.45, 2.75) is 25.8 Å². The Morgan fingerprint density at radius 2 is 2.00 bits per heavy atom. The molecule has 1 aromatic carbocycles. The molecule has 1 aromatic heterocycles. The molecule has 8 nitrogen and oxygen atoms in total. The number of likely N-dealkylation sites (tertiary alicyclic amines) is 1. The van der Waals surface area contributed by atoms with Crippen LogP contribution in [0.3, 0.4) is 0 Å². The van der Waals surface area contributed by atoms with Crippen LogP contribution >= 0.6 is 12.4 Å². The molecule has 154 valence electrons. The first-order chi connectivity index (χ1) is 13.1. The lowest BCUT2D eigenvalue weighted by atomic mass is 10.1. The SMILES string of the molecule is CNC1CCCN(C(=O)c2nn(-c3ccc(OCCOC)cc3)nc2C)C1.Cl. The van der Waals surface area contributed by atoms with E-state index in [9.17, 15) is 4.79 Å². The minimum absolute atomic E-state index is 0. The topological polar surface area (TPSA) is 81.5 Å². The van der Waals surface area contributed by atoms with E-state index in [0.29, 0.717) is 37.2 Å². The minimum Gasteiger partial charge on any atom is -0.491 e. The van der Waals surface area contributed by atoms with E-state index in [1.165, 1.54) is 4.80 Å². The van der Waals surface area contributed by atoms with Crippen molar-refractivity contribution in [3.63, 3.8) is 0 Å². The number of ether oxygens (including phenoxy) is 2. The first kappa shape index (κ1) is 22.1. The van der Waals surface area contributed by atoms with Crippen LogP contribution in [0.2, 0.25) is 0 Å². The Bertz CT molecular complexity index is 765. The van der Waals surface area contributed by atoms with Crippen molar-refractivity contribution in [3.05, 3.63) is 35.7 Å². The highest BCUT2D eigenvalue weighted by Crippen LogP contribution is 2.17. The van der Waals surface area contributed by atoms with E-state index in [2.05, 4.69) is 15.5 Å². The second-order valence-corrected chi connectivity index (χ2v) is 6.64. The van der Waals surface area contributed by atoms with E-state index in [4.69, 9.17) is 9.47 Å². The van der Waals surface area contributed by atoms with Crippen LogP contribution in [0.4, 0.5) is 0 Å². The molecule has 2 heterocycles. The predicted molar refractivity (Wildman–Crippen MR) is 109 cm³/mol. The fourth-order valence-electron chi connectivity index (χ4n) is 3.16. The highest BCUT2D eigenvalue weighted by molar-refractivity contribution is 5.93. The Kier molecular flexibility index (Phi) is 8.22. The number of rotatable bonds is 7. The van der Waals surface area contributed by atoms with E-state index < -0.39 is 0 Å². The number of halogens is 1. The summed E-state index contributed by atoms with van der Waals surface area (Å²) in [6.07, 6.45) is 2.08. The molecular formula is C19H28ClN5O3. The van der Waals surface area contributed by atoms with E-state index in [0.717, 1.165) is 30.8 Å². The Labute approximate surface area is 171 Å². The number of carbonyl (C=O) groups excluding carboxylic acids is 1. The van der Waals surface area contributed by atoms with Gasteiger partial charge in [0.15, 0.2) is 5.69 Å². The van der Waals surface area contributed by atoms with Crippen molar-refractivity contribution in [1.29, 1.82) is 0 Å². The zero-order chi connectivity index (χ0) is 19.2. The van der Waals surface area contributed by atoms with E-state index in [-0.39, 0.29) is 18.3 Å². The molecule has 0 radical (unpaired) electrons. The Balaban J connectivity index is 0.00000280. The summed E-state index contributed by atoms with van der Waals surface area (Å²) in [5.74, 6) is 0.695. The molecule has 1 saturated heterocycles. The number of likely N-dealkylation sites (N-methyl/N-ethyl adjacent to an activating group) is 1. The van der Waals surface area contributed by atoms with Gasteiger partial charge in [-0.25, -0.2) is 0 Å². The summed E-state index contributed by atoms with van der Waals surface area (Å²) < 4.78 is 10.5. The van der Waals surface area contributed by atoms with Crippen LogP contribution in [0, 0.1) is 6.92 Å². The molecule has 1 fully saturated rings. The number of nitrogens with one attached hydrogen (secondary N) is 1. The van der Waals surface area contributed by atoms with Crippen molar-refractivity contribution in [1.82, 2.24) is 25.2 Å². The normalized spacial score (nSPS) is 16.5. The lowest BCUT2D eigenvalue weighted by Crippen LogP contribution is -2.47. The summed E-state index contributed by atoms with van der Waals surface area (Å²) in [5, 5.41) is 12.1. The van der Waals surface area contributed by atoms with Crippen LogP contribution in [-0.4, -0.2) is 72.3 Å². The smallest absolute Gasteiger partial charge is 0.276 e. The van der Waals surface area contributed by atoms with Crippen LogP contribution in [0.1, 0.15) is 29.0 Å². The first-order valence-electron chi connectivity index (χ1n) is 9.25. The Morgan fingerprint density at radius 1 is 1.25 bits per heavy atom. The average Bonchev–Trinajstić information content (AvgIpc) is 3.10. The molecule has 1 atom stereocenters. The third-order valence-corrected chi connectivity index (χ3v) is 4.73. The van der Waals surface area contributed by atoms with Crippen LogP contribution in [0.25, 0.3) is 5.69 Å². The highest BCUT2D eigenvalue weighted by atomic mass is 35.5. The fraction of sp³-hybridized carbons (Fsp3) is 0.526. The lowest BCUT2D eigenvalue weighted by molar-refractivity contribution is 0.0691. The second kappa shape index (κ2) is 10.4. The van der Waals surface area contributed by atoms with E-state index >= 15 is 0 Å². The van der Waals surface area contributed by atoms with Gasteiger partial charge >= 0.3 is 0 Å². The molecule has 0 aliphatic carbocycles. The molecule has 1 unspecified atom stereocenters. The number of aryl methyl sites for hydroxylation is 1. The van der Waals surface area contributed by atoms with Gasteiger partial charge in [0.05, 0.1) is 18.0 Å². The van der Waals surface area contributed by atoms with Gasteiger partial charge in [-0.3, -0.25) is 4.79 Å². The molecular weight excluding hydrogens is 382 g/mol. The third-order valence-electron chi connectivity index (χ3n) is 4.73. The Morgan fingerprint density at radius 3 is 2.68 bits per heavy atom. The van der Waals surface area contributed by atoms with Crippen LogP contribution in [0.15, 0.2) is 24.3 Å². The standard InChI is InChI=1S/C19H27N5O3.ClH/c1-14-18(19(25)23-10-4-5-15(13-23)20-2)22-24(21-14)16-6-8-17(9-7-16)27-12-11-26-3;/h6-9,15,20H,4-5,10-13H2,1-3H3;1H. The monoisotopic (exact) mass is 409 g/mol. The third kappa shape index (κ3) is 5.21. The molecule has 9 heteroatoms. The largest absolute Gasteiger partial charge is 0.491 e. The number of nitrogens with zero attached hydrogens (tertiary/aromatic N) is 4. The van der Waals surface area contributed by atoms with Gasteiger partial charge < -0.3 is 19.7 Å². The van der Waals surface area contributed by atoms with Crippen LogP contribution in [-0.2, 0) is 4.74 Å². The van der Waals surface area contributed by atoms with Gasteiger partial charge in [-0.1, -0.05) is 0 Å². The maximum Gasteiger partial charge on any atom is 0.276 e. The summed E-state index contributed by atoms with van der Waals surface area (Å²) in [4.78, 5) is 16.2. The number of amides is 1. The van der Waals surface area contributed by atoms with Gasteiger partial charge in [-0.2, -0.15) is 9.90 Å². The maximum absolute atomic E-state index is 12.9. The average molecular weight is 410 g/mol. The molecule has 28 heavy (non-hydrogen) atoms. The fourth-order valence-corrected chi connectivity index (χ4v) is 3.16. The Hall–Kier alpha value is -2.16. The molecule has 1 N–H and O–H groups in total. The zero-order valence-electron chi connectivity index (χ0n) is 16.6. The predicted octanol–water partition coefficient (Wildman–Crippen LogP) is 1.85. The quantitative estimate of drug-likeness (QED) is 0.703. The minimum atomic E-state index is -0.0572. The van der Waals surface area contributed by atoms with Gasteiger partial charge in [0.25, 0.3) is 5.91 Å². The summed E-state index contributed by atoms with van der Waals surface area (Å²) in [6, 6.07) is 7.78. The summed E-state index contributed by atoms with van der Waals surface area (Å²) in [7, 11) is 3.57. The lowest BCUT2D eigenvalue weighted by Gasteiger charge is -2.32. The van der Waals surface area contributed by atoms with Gasteiger partial charge in [-0.15, -0.1) is 17.5 Å². The van der Waals surface area contributed by atoms with Crippen molar-refractivity contribution in [2.75, 3.05) is 40.5 Å². The number of aromatic nitrogens is 3. The van der Waals surface area contributed by atoms with Crippen molar-refractivity contribution >= 4 is 18.3 Å². The van der Waals surface area contributed by atoms with Crippen molar-refractivity contribution < 1.29 is 14.3 Å². The molecule has 0 spiro atoms. The van der Waals surface area contributed by atoms with Crippen molar-refractivity contribution in [3.8, 4) is 11.4 Å². The molecule has 0 bridgehead atoms. The second-order valence-electron chi connectivity index (χ2n) is 6.64. The van der Waals surface area contributed by atoms with Gasteiger partial charge in [-0.05, 0) is 51.1 Å². The van der Waals surface area contributed by atoms with Crippen molar-refractivity contribution in [2.24, 2.45) is 0 Å². The van der Waals surface area contributed by atoms with Crippen LogP contribution < -0.4 is 10.1 Å². The summed E-state index contributed by atoms with van der Waals surface area (Å²) >= 11 is 0. The highest BCUT2D eigenvalue weighted by Gasteiger charge is 2.27. The number of benzene rings is 1. The van der Waals surface area contributed by atoms with Gasteiger partial charge in [0.2, 0.25) is 0 Å². The molecule has 1 amide bonds. The van der Waals surface area contributed by atoms with Gasteiger partial charge in [0, 0.05) is 26.2 Å². The molecule has 1 aliphatic rings. The maximum atomic E-state index is 12.9. The number of piperidine rings is 1. The summed E-state index contributed by atoms with van der Waals surface area (Å²) in [5.41, 5.74) is 1.82. The van der Waals surface area contributed by atoms with Gasteiger partial charge in [0.1, 0.15) is 12.4 Å². The number of hydrogen-bond donors (Lipinski definition) is 1. The molecule has 0 saturated carbocycles.